The van der Waals surface area contributed by atoms with E-state index in [-0.39, 0.29) is 11.8 Å². The molecule has 2 atom stereocenters. The molecule has 1 saturated carbocycles. The Morgan fingerprint density at radius 2 is 1.94 bits per heavy atom. The summed E-state index contributed by atoms with van der Waals surface area (Å²) in [7, 11) is 0. The number of nitrogens with one attached hydrogen (secondary N) is 1. The number of carbonyl (C=O) groups excluding carboxylic acids is 2. The third-order valence-electron chi connectivity index (χ3n) is 3.73. The maximum absolute atomic E-state index is 11.8. The van der Waals surface area contributed by atoms with Gasteiger partial charge in [-0.15, -0.1) is 0 Å². The smallest absolute Gasteiger partial charge is 0.276 e. The molecule has 1 fully saturated rings. The second-order valence-corrected chi connectivity index (χ2v) is 4.83. The highest BCUT2D eigenvalue weighted by atomic mass is 16.2. The molecule has 0 radical (unpaired) electrons. The molecule has 4 nitrogen and oxygen atoms in total. The van der Waals surface area contributed by atoms with Crippen molar-refractivity contribution >= 4 is 17.6 Å². The molecule has 1 N–H and O–H groups in total. The summed E-state index contributed by atoms with van der Waals surface area (Å²) >= 11 is 0. The minimum Gasteiger partial charge on any atom is -0.276 e. The van der Waals surface area contributed by atoms with Crippen LogP contribution < -0.4 is 5.32 Å². The van der Waals surface area contributed by atoms with Crippen LogP contribution in [0.2, 0.25) is 0 Å². The lowest BCUT2D eigenvalue weighted by Crippen LogP contribution is -2.45. The van der Waals surface area contributed by atoms with Crippen LogP contribution in [-0.4, -0.2) is 17.6 Å². The number of rotatable bonds is 1. The molecular formula is C14H14N2O2. The van der Waals surface area contributed by atoms with E-state index in [1.807, 2.05) is 18.2 Å². The number of aliphatic imine (C=N–C) groups is 1. The largest absolute Gasteiger partial charge is 0.347 e. The number of amides is 3. The van der Waals surface area contributed by atoms with Gasteiger partial charge in [-0.3, -0.25) is 10.1 Å². The Labute approximate surface area is 105 Å². The number of carbonyl (C=O) groups is 2. The number of imide groups is 1. The molecule has 92 valence electrons. The predicted octanol–water partition coefficient (Wildman–Crippen LogP) is 2.26. The van der Waals surface area contributed by atoms with Gasteiger partial charge in [0.1, 0.15) is 0 Å². The molecule has 1 aromatic rings. The molecule has 1 heterocycles. The van der Waals surface area contributed by atoms with Gasteiger partial charge in [0.25, 0.3) is 0 Å². The Kier molecular flexibility index (Phi) is 2.70. The molecule has 18 heavy (non-hydrogen) atoms. The van der Waals surface area contributed by atoms with Crippen LogP contribution in [0.15, 0.2) is 35.3 Å². The highest BCUT2D eigenvalue weighted by Crippen LogP contribution is 2.35. The van der Waals surface area contributed by atoms with Crippen molar-refractivity contribution in [1.82, 2.24) is 5.32 Å². The van der Waals surface area contributed by atoms with Crippen LogP contribution in [0.5, 0.6) is 0 Å². The van der Waals surface area contributed by atoms with Gasteiger partial charge < -0.3 is 0 Å². The summed E-state index contributed by atoms with van der Waals surface area (Å²) in [4.78, 5) is 26.9. The summed E-state index contributed by atoms with van der Waals surface area (Å²) < 4.78 is 0. The van der Waals surface area contributed by atoms with Crippen molar-refractivity contribution in [2.24, 2.45) is 10.9 Å². The summed E-state index contributed by atoms with van der Waals surface area (Å²) in [5, 5.41) is 2.29. The van der Waals surface area contributed by atoms with E-state index < -0.39 is 6.03 Å². The van der Waals surface area contributed by atoms with Crippen LogP contribution in [0, 0.1) is 5.92 Å². The molecule has 0 aromatic heterocycles. The zero-order valence-electron chi connectivity index (χ0n) is 9.93. The second-order valence-electron chi connectivity index (χ2n) is 4.83. The number of fused-ring (bicyclic) bond motifs is 1. The van der Waals surface area contributed by atoms with Gasteiger partial charge in [-0.1, -0.05) is 30.3 Å². The molecule has 3 amide bonds. The van der Waals surface area contributed by atoms with Crippen LogP contribution in [-0.2, 0) is 4.79 Å². The second kappa shape index (κ2) is 4.37. The third kappa shape index (κ3) is 1.94. The lowest BCUT2D eigenvalue weighted by molar-refractivity contribution is -0.122. The average molecular weight is 242 g/mol. The fraction of sp³-hybridized carbons (Fsp3) is 0.357. The lowest BCUT2D eigenvalue weighted by atomic mass is 9.76. The molecule has 3 rings (SSSR count). The quantitative estimate of drug-likeness (QED) is 0.821. The summed E-state index contributed by atoms with van der Waals surface area (Å²) in [6.07, 6.45) is 2.45. The van der Waals surface area contributed by atoms with Crippen LogP contribution >= 0.6 is 0 Å². The summed E-state index contributed by atoms with van der Waals surface area (Å²) in [5.41, 5.74) is 2.03. The Bertz CT molecular complexity index is 522. The van der Waals surface area contributed by atoms with Gasteiger partial charge in [0, 0.05) is 5.71 Å². The number of benzene rings is 1. The van der Waals surface area contributed by atoms with Crippen LogP contribution in [0.3, 0.4) is 0 Å². The van der Waals surface area contributed by atoms with Gasteiger partial charge in [-0.2, -0.15) is 0 Å². The van der Waals surface area contributed by atoms with E-state index in [1.165, 1.54) is 5.56 Å². The SMILES string of the molecule is O=C1N=C2CCC(c3ccccc3)CC2C(=O)N1. The molecule has 4 heteroatoms. The molecular weight excluding hydrogens is 228 g/mol. The predicted molar refractivity (Wildman–Crippen MR) is 67.5 cm³/mol. The molecule has 1 aliphatic carbocycles. The molecule has 1 aromatic carbocycles. The molecule has 0 bridgehead atoms. The van der Waals surface area contributed by atoms with Crippen molar-refractivity contribution in [1.29, 1.82) is 0 Å². The molecule has 0 saturated heterocycles. The van der Waals surface area contributed by atoms with Gasteiger partial charge >= 0.3 is 6.03 Å². The zero-order valence-corrected chi connectivity index (χ0v) is 9.93. The van der Waals surface area contributed by atoms with E-state index >= 15 is 0 Å². The highest BCUT2D eigenvalue weighted by molar-refractivity contribution is 6.16. The first-order valence-electron chi connectivity index (χ1n) is 6.21. The van der Waals surface area contributed by atoms with E-state index in [1.54, 1.807) is 0 Å². The van der Waals surface area contributed by atoms with E-state index in [0.29, 0.717) is 5.92 Å². The van der Waals surface area contributed by atoms with Gasteiger partial charge in [0.05, 0.1) is 5.92 Å². The summed E-state index contributed by atoms with van der Waals surface area (Å²) in [6, 6.07) is 9.71. The van der Waals surface area contributed by atoms with Crippen LogP contribution in [0.4, 0.5) is 4.79 Å². The first-order chi connectivity index (χ1) is 8.74. The van der Waals surface area contributed by atoms with Crippen molar-refractivity contribution in [2.75, 3.05) is 0 Å². The van der Waals surface area contributed by atoms with Crippen molar-refractivity contribution in [3.63, 3.8) is 0 Å². The fourth-order valence-electron chi connectivity index (χ4n) is 2.81. The van der Waals surface area contributed by atoms with Gasteiger partial charge in [0.15, 0.2) is 0 Å². The van der Waals surface area contributed by atoms with Crippen LogP contribution in [0.25, 0.3) is 0 Å². The molecule has 2 unspecified atom stereocenters. The minimum atomic E-state index is -0.510. The Balaban J connectivity index is 1.84. The Morgan fingerprint density at radius 3 is 2.72 bits per heavy atom. The Hall–Kier alpha value is -1.97. The van der Waals surface area contributed by atoms with Gasteiger partial charge in [0.2, 0.25) is 5.91 Å². The number of hydrogen-bond donors (Lipinski definition) is 1. The minimum absolute atomic E-state index is 0.189. The summed E-state index contributed by atoms with van der Waals surface area (Å²) in [6.45, 7) is 0. The normalized spacial score (nSPS) is 27.2. The topological polar surface area (TPSA) is 58.5 Å². The number of nitrogens with zero attached hydrogens (tertiary/aromatic N) is 1. The van der Waals surface area contributed by atoms with Crippen molar-refractivity contribution in [3.05, 3.63) is 35.9 Å². The highest BCUT2D eigenvalue weighted by Gasteiger charge is 2.36. The average Bonchev–Trinajstić information content (AvgIpc) is 2.39. The molecule has 2 aliphatic rings. The van der Waals surface area contributed by atoms with Crippen molar-refractivity contribution < 1.29 is 9.59 Å². The maximum Gasteiger partial charge on any atom is 0.347 e. The van der Waals surface area contributed by atoms with E-state index in [9.17, 15) is 9.59 Å². The zero-order chi connectivity index (χ0) is 12.5. The molecule has 1 aliphatic heterocycles. The van der Waals surface area contributed by atoms with Crippen molar-refractivity contribution in [3.8, 4) is 0 Å². The molecule has 0 spiro atoms. The first kappa shape index (κ1) is 11.1. The van der Waals surface area contributed by atoms with Crippen LogP contribution in [0.1, 0.15) is 30.7 Å². The number of urea groups is 1. The monoisotopic (exact) mass is 242 g/mol. The van der Waals surface area contributed by atoms with Gasteiger partial charge in [-0.25, -0.2) is 9.79 Å². The lowest BCUT2D eigenvalue weighted by Gasteiger charge is -2.31. The standard InChI is InChI=1S/C14H14N2O2/c17-13-11-8-10(9-4-2-1-3-5-9)6-7-12(11)15-14(18)16-13/h1-5,10-11H,6-8H2,(H,16,17,18). The Morgan fingerprint density at radius 1 is 1.17 bits per heavy atom. The number of hydrogen-bond acceptors (Lipinski definition) is 2. The first-order valence-corrected chi connectivity index (χ1v) is 6.21. The van der Waals surface area contributed by atoms with E-state index in [4.69, 9.17) is 0 Å². The third-order valence-corrected chi connectivity index (χ3v) is 3.73. The maximum atomic E-state index is 11.8. The van der Waals surface area contributed by atoms with Gasteiger partial charge in [-0.05, 0) is 30.7 Å². The van der Waals surface area contributed by atoms with E-state index in [0.717, 1.165) is 25.0 Å². The fourth-order valence-corrected chi connectivity index (χ4v) is 2.81. The summed E-state index contributed by atoms with van der Waals surface area (Å²) in [5.74, 6) is -0.0265. The van der Waals surface area contributed by atoms with Crippen molar-refractivity contribution in [2.45, 2.75) is 25.2 Å². The van der Waals surface area contributed by atoms with E-state index in [2.05, 4.69) is 22.4 Å².